The molecule has 0 aliphatic rings. The Balaban J connectivity index is 2.92. The zero-order valence-electron chi connectivity index (χ0n) is 8.36. The van der Waals surface area contributed by atoms with Gasteiger partial charge in [0.15, 0.2) is 11.5 Å². The van der Waals surface area contributed by atoms with Crippen molar-refractivity contribution in [2.24, 2.45) is 0 Å². The van der Waals surface area contributed by atoms with Gasteiger partial charge in [0.1, 0.15) is 0 Å². The van der Waals surface area contributed by atoms with Gasteiger partial charge in [0.25, 0.3) is 0 Å². The highest BCUT2D eigenvalue weighted by molar-refractivity contribution is 5.43. The van der Waals surface area contributed by atoms with Gasteiger partial charge in [0.05, 0.1) is 20.0 Å². The molecule has 0 saturated heterocycles. The minimum Gasteiger partial charge on any atom is -0.493 e. The first-order valence-electron chi connectivity index (χ1n) is 4.37. The topological polar surface area (TPSA) is 38.7 Å². The van der Waals surface area contributed by atoms with Crippen molar-refractivity contribution < 1.29 is 14.6 Å². The van der Waals surface area contributed by atoms with Crippen molar-refractivity contribution in [2.75, 3.05) is 7.11 Å². The Labute approximate surface area is 83.6 Å². The fourth-order valence-corrected chi connectivity index (χ4v) is 1.05. The van der Waals surface area contributed by atoms with Crippen LogP contribution in [-0.4, -0.2) is 12.2 Å². The highest BCUT2D eigenvalue weighted by Gasteiger charge is 2.03. The van der Waals surface area contributed by atoms with E-state index in [2.05, 4.69) is 0 Å². The predicted octanol–water partition coefficient (Wildman–Crippen LogP) is 2.10. The molecule has 0 fully saturated rings. The molecule has 0 bridgehead atoms. The number of allylic oxidation sites excluding steroid dienone is 1. The van der Waals surface area contributed by atoms with Crippen LogP contribution in [0.2, 0.25) is 0 Å². The van der Waals surface area contributed by atoms with Gasteiger partial charge in [-0.25, -0.2) is 0 Å². The number of hydrogen-bond donors (Lipinski definition) is 1. The van der Waals surface area contributed by atoms with E-state index in [1.54, 1.807) is 37.6 Å². The van der Waals surface area contributed by atoms with Crippen molar-refractivity contribution in [3.05, 3.63) is 36.1 Å². The van der Waals surface area contributed by atoms with Gasteiger partial charge in [0.2, 0.25) is 0 Å². The van der Waals surface area contributed by atoms with Crippen molar-refractivity contribution >= 4 is 0 Å². The van der Waals surface area contributed by atoms with Crippen LogP contribution >= 0.6 is 0 Å². The summed E-state index contributed by atoms with van der Waals surface area (Å²) in [5.41, 5.74) is 0.801. The Kier molecular flexibility index (Phi) is 4.01. The summed E-state index contributed by atoms with van der Waals surface area (Å²) < 4.78 is 10.4. The van der Waals surface area contributed by atoms with E-state index in [9.17, 15) is 0 Å². The van der Waals surface area contributed by atoms with Crippen molar-refractivity contribution in [3.8, 4) is 11.5 Å². The maximum absolute atomic E-state index is 8.91. The number of benzene rings is 1. The van der Waals surface area contributed by atoms with Crippen LogP contribution in [0.1, 0.15) is 12.5 Å². The molecule has 0 radical (unpaired) electrons. The fraction of sp³-hybridized carbons (Fsp3) is 0.273. The summed E-state index contributed by atoms with van der Waals surface area (Å²) >= 11 is 0. The standard InChI is InChI=1S/C11H14O3/c1-3-6-14-10-5-4-9(8-12)7-11(10)13-2/h3-7,12H,8H2,1-2H3/b6-3-. The third-order valence-corrected chi connectivity index (χ3v) is 1.74. The maximum Gasteiger partial charge on any atom is 0.168 e. The number of aliphatic hydroxyl groups is 1. The van der Waals surface area contributed by atoms with Crippen LogP contribution in [-0.2, 0) is 6.61 Å². The van der Waals surface area contributed by atoms with Gasteiger partial charge in [-0.15, -0.1) is 0 Å². The van der Waals surface area contributed by atoms with E-state index < -0.39 is 0 Å². The monoisotopic (exact) mass is 194 g/mol. The average Bonchev–Trinajstić information content (AvgIpc) is 2.26. The molecule has 0 heterocycles. The quantitative estimate of drug-likeness (QED) is 0.746. The van der Waals surface area contributed by atoms with Gasteiger partial charge in [-0.05, 0) is 24.6 Å². The van der Waals surface area contributed by atoms with Crippen molar-refractivity contribution in [1.29, 1.82) is 0 Å². The van der Waals surface area contributed by atoms with E-state index in [-0.39, 0.29) is 6.61 Å². The van der Waals surface area contributed by atoms with E-state index in [4.69, 9.17) is 14.6 Å². The summed E-state index contributed by atoms with van der Waals surface area (Å²) in [6.45, 7) is 1.87. The van der Waals surface area contributed by atoms with E-state index in [1.165, 1.54) is 0 Å². The number of rotatable bonds is 4. The number of aliphatic hydroxyl groups excluding tert-OH is 1. The summed E-state index contributed by atoms with van der Waals surface area (Å²) in [5, 5.41) is 8.91. The first kappa shape index (κ1) is 10.6. The lowest BCUT2D eigenvalue weighted by Crippen LogP contribution is -1.91. The summed E-state index contributed by atoms with van der Waals surface area (Å²) in [4.78, 5) is 0. The van der Waals surface area contributed by atoms with Gasteiger partial charge in [-0.3, -0.25) is 0 Å². The first-order valence-corrected chi connectivity index (χ1v) is 4.37. The predicted molar refractivity (Wildman–Crippen MR) is 54.4 cm³/mol. The summed E-state index contributed by atoms with van der Waals surface area (Å²) in [5.74, 6) is 1.26. The van der Waals surface area contributed by atoms with Crippen molar-refractivity contribution in [1.82, 2.24) is 0 Å². The van der Waals surface area contributed by atoms with E-state index in [0.717, 1.165) is 5.56 Å². The molecule has 0 atom stereocenters. The van der Waals surface area contributed by atoms with Crippen LogP contribution in [0.25, 0.3) is 0 Å². The largest absolute Gasteiger partial charge is 0.493 e. The highest BCUT2D eigenvalue weighted by atomic mass is 16.5. The van der Waals surface area contributed by atoms with Gasteiger partial charge < -0.3 is 14.6 Å². The van der Waals surface area contributed by atoms with Crippen LogP contribution in [0.15, 0.2) is 30.5 Å². The molecule has 14 heavy (non-hydrogen) atoms. The molecule has 0 aliphatic carbocycles. The molecule has 3 heteroatoms. The number of ether oxygens (including phenoxy) is 2. The van der Waals surface area contributed by atoms with Crippen LogP contribution in [0.4, 0.5) is 0 Å². The van der Waals surface area contributed by atoms with Crippen LogP contribution in [0.5, 0.6) is 11.5 Å². The Morgan fingerprint density at radius 3 is 2.71 bits per heavy atom. The number of hydrogen-bond acceptors (Lipinski definition) is 3. The van der Waals surface area contributed by atoms with Crippen LogP contribution < -0.4 is 9.47 Å². The van der Waals surface area contributed by atoms with E-state index >= 15 is 0 Å². The van der Waals surface area contributed by atoms with Crippen LogP contribution in [0, 0.1) is 0 Å². The summed E-state index contributed by atoms with van der Waals surface area (Å²) in [6.07, 6.45) is 3.37. The molecule has 1 rings (SSSR count). The second-order valence-electron chi connectivity index (χ2n) is 2.73. The molecular weight excluding hydrogens is 180 g/mol. The highest BCUT2D eigenvalue weighted by Crippen LogP contribution is 2.28. The summed E-state index contributed by atoms with van der Waals surface area (Å²) in [7, 11) is 1.57. The lowest BCUT2D eigenvalue weighted by molar-refractivity contribution is 0.280. The molecule has 0 saturated carbocycles. The number of methoxy groups -OCH3 is 1. The minimum atomic E-state index is 0.000255. The first-order chi connectivity index (χ1) is 6.81. The van der Waals surface area contributed by atoms with Gasteiger partial charge in [0, 0.05) is 0 Å². The van der Waals surface area contributed by atoms with Crippen LogP contribution in [0.3, 0.4) is 0 Å². The molecular formula is C11H14O3. The van der Waals surface area contributed by atoms with Gasteiger partial charge >= 0.3 is 0 Å². The average molecular weight is 194 g/mol. The Morgan fingerprint density at radius 1 is 1.36 bits per heavy atom. The smallest absolute Gasteiger partial charge is 0.168 e. The molecule has 0 aliphatic heterocycles. The Morgan fingerprint density at radius 2 is 2.14 bits per heavy atom. The fourth-order valence-electron chi connectivity index (χ4n) is 1.05. The van der Waals surface area contributed by atoms with Crippen molar-refractivity contribution in [2.45, 2.75) is 13.5 Å². The second-order valence-corrected chi connectivity index (χ2v) is 2.73. The Bertz CT molecular complexity index is 318. The lowest BCUT2D eigenvalue weighted by atomic mass is 10.2. The molecule has 0 unspecified atom stereocenters. The molecule has 0 aromatic heterocycles. The van der Waals surface area contributed by atoms with E-state index in [0.29, 0.717) is 11.5 Å². The molecule has 3 nitrogen and oxygen atoms in total. The molecule has 1 aromatic rings. The van der Waals surface area contributed by atoms with Gasteiger partial charge in [-0.2, -0.15) is 0 Å². The molecule has 76 valence electrons. The lowest BCUT2D eigenvalue weighted by Gasteiger charge is -2.08. The zero-order chi connectivity index (χ0) is 10.4. The SMILES string of the molecule is C/C=C\Oc1ccc(CO)cc1OC. The third-order valence-electron chi connectivity index (χ3n) is 1.74. The minimum absolute atomic E-state index is 0.000255. The Hall–Kier alpha value is -1.48. The normalized spacial score (nSPS) is 10.5. The molecule has 1 N–H and O–H groups in total. The van der Waals surface area contributed by atoms with E-state index in [1.807, 2.05) is 6.92 Å². The second kappa shape index (κ2) is 5.29. The zero-order valence-corrected chi connectivity index (χ0v) is 8.36. The van der Waals surface area contributed by atoms with Crippen molar-refractivity contribution in [3.63, 3.8) is 0 Å². The molecule has 1 aromatic carbocycles. The third kappa shape index (κ3) is 2.50. The molecule has 0 spiro atoms. The molecule has 0 amide bonds. The summed E-state index contributed by atoms with van der Waals surface area (Å²) in [6, 6.07) is 5.31. The maximum atomic E-state index is 8.91. The van der Waals surface area contributed by atoms with Gasteiger partial charge in [-0.1, -0.05) is 12.1 Å².